The molecule has 0 aromatic heterocycles. The topological polar surface area (TPSA) is 21.3 Å². The zero-order chi connectivity index (χ0) is 9.52. The van der Waals surface area contributed by atoms with Gasteiger partial charge in [0.15, 0.2) is 0 Å². The Morgan fingerprint density at radius 1 is 1.46 bits per heavy atom. The van der Waals surface area contributed by atoms with Gasteiger partial charge in [-0.25, -0.2) is 4.39 Å². The molecular formula is C10H14FNO. The van der Waals surface area contributed by atoms with Crippen molar-refractivity contribution in [2.24, 2.45) is 0 Å². The fourth-order valence-corrected chi connectivity index (χ4v) is 1.08. The normalized spacial score (nSPS) is 10.0. The molecular weight excluding hydrogens is 169 g/mol. The first kappa shape index (κ1) is 9.99. The van der Waals surface area contributed by atoms with Crippen molar-refractivity contribution in [3.8, 4) is 5.75 Å². The van der Waals surface area contributed by atoms with E-state index in [4.69, 9.17) is 4.74 Å². The van der Waals surface area contributed by atoms with E-state index in [-0.39, 0.29) is 6.67 Å². The molecule has 0 aliphatic heterocycles. The Hall–Kier alpha value is -1.09. The van der Waals surface area contributed by atoms with Crippen LogP contribution in [0.15, 0.2) is 24.3 Å². The summed E-state index contributed by atoms with van der Waals surface area (Å²) in [4.78, 5) is 0. The van der Waals surface area contributed by atoms with E-state index < -0.39 is 0 Å². The lowest BCUT2D eigenvalue weighted by Gasteiger charge is -2.04. The first-order valence-corrected chi connectivity index (χ1v) is 4.26. The quantitative estimate of drug-likeness (QED) is 0.702. The summed E-state index contributed by atoms with van der Waals surface area (Å²) in [6.45, 7) is 0.752. The maximum absolute atomic E-state index is 11.8. The van der Waals surface area contributed by atoms with Crippen molar-refractivity contribution in [1.82, 2.24) is 5.32 Å². The summed E-state index contributed by atoms with van der Waals surface area (Å²) >= 11 is 0. The van der Waals surface area contributed by atoms with Crippen molar-refractivity contribution in [2.45, 2.75) is 6.54 Å². The minimum atomic E-state index is -0.329. The van der Waals surface area contributed by atoms with Crippen molar-refractivity contribution in [2.75, 3.05) is 20.3 Å². The van der Waals surface area contributed by atoms with Crippen LogP contribution in [0.5, 0.6) is 5.75 Å². The van der Waals surface area contributed by atoms with Crippen LogP contribution in [0.1, 0.15) is 5.56 Å². The van der Waals surface area contributed by atoms with Crippen LogP contribution in [0.3, 0.4) is 0 Å². The fourth-order valence-electron chi connectivity index (χ4n) is 1.08. The summed E-state index contributed by atoms with van der Waals surface area (Å²) in [5.41, 5.74) is 1.10. The summed E-state index contributed by atoms with van der Waals surface area (Å²) in [5.74, 6) is 0.833. The molecule has 0 saturated carbocycles. The van der Waals surface area contributed by atoms with Crippen molar-refractivity contribution in [1.29, 1.82) is 0 Å². The number of ether oxygens (including phenoxy) is 1. The van der Waals surface area contributed by atoms with Gasteiger partial charge in [-0.15, -0.1) is 0 Å². The van der Waals surface area contributed by atoms with E-state index in [2.05, 4.69) is 5.32 Å². The Morgan fingerprint density at radius 3 is 3.00 bits per heavy atom. The van der Waals surface area contributed by atoms with Gasteiger partial charge in [-0.3, -0.25) is 0 Å². The third kappa shape index (κ3) is 3.42. The van der Waals surface area contributed by atoms with Crippen molar-refractivity contribution in [3.63, 3.8) is 0 Å². The van der Waals surface area contributed by atoms with Gasteiger partial charge in [0.2, 0.25) is 0 Å². The maximum Gasteiger partial charge on any atom is 0.119 e. The number of alkyl halides is 1. The van der Waals surface area contributed by atoms with Crippen molar-refractivity contribution < 1.29 is 9.13 Å². The smallest absolute Gasteiger partial charge is 0.119 e. The standard InChI is InChI=1S/C10H14FNO/c1-13-10-4-2-3-9(7-10)8-12-6-5-11/h2-4,7,12H,5-6,8H2,1H3. The van der Waals surface area contributed by atoms with Gasteiger partial charge in [0.05, 0.1) is 7.11 Å². The van der Waals surface area contributed by atoms with Crippen molar-refractivity contribution >= 4 is 0 Å². The summed E-state index contributed by atoms with van der Waals surface area (Å²) in [5, 5.41) is 2.97. The second-order valence-electron chi connectivity index (χ2n) is 2.72. The lowest BCUT2D eigenvalue weighted by Crippen LogP contribution is -2.15. The number of hydrogen-bond donors (Lipinski definition) is 1. The molecule has 0 fully saturated rings. The molecule has 0 bridgehead atoms. The summed E-state index contributed by atoms with van der Waals surface area (Å²) < 4.78 is 16.8. The molecule has 13 heavy (non-hydrogen) atoms. The van der Waals surface area contributed by atoms with E-state index in [0.717, 1.165) is 11.3 Å². The number of halogens is 1. The van der Waals surface area contributed by atoms with Crippen LogP contribution in [0.4, 0.5) is 4.39 Å². The molecule has 0 aliphatic rings. The monoisotopic (exact) mass is 183 g/mol. The second kappa shape index (κ2) is 5.54. The van der Waals surface area contributed by atoms with Crippen LogP contribution in [-0.2, 0) is 6.54 Å². The molecule has 72 valence electrons. The average molecular weight is 183 g/mol. The second-order valence-corrected chi connectivity index (χ2v) is 2.72. The molecule has 0 saturated heterocycles. The first-order valence-electron chi connectivity index (χ1n) is 4.26. The third-order valence-electron chi connectivity index (χ3n) is 1.73. The molecule has 0 amide bonds. The third-order valence-corrected chi connectivity index (χ3v) is 1.73. The Bertz CT molecular complexity index is 252. The zero-order valence-electron chi connectivity index (χ0n) is 7.72. The van der Waals surface area contributed by atoms with Gasteiger partial charge < -0.3 is 10.1 Å². The Labute approximate surface area is 77.7 Å². The lowest BCUT2D eigenvalue weighted by atomic mass is 10.2. The molecule has 0 spiro atoms. The van der Waals surface area contributed by atoms with E-state index in [1.807, 2.05) is 24.3 Å². The molecule has 1 aromatic rings. The molecule has 1 aromatic carbocycles. The van der Waals surface area contributed by atoms with Gasteiger partial charge in [0, 0.05) is 13.1 Å². The summed E-state index contributed by atoms with van der Waals surface area (Å²) in [7, 11) is 1.63. The number of nitrogens with one attached hydrogen (secondary N) is 1. The minimum absolute atomic E-state index is 0.329. The molecule has 2 nitrogen and oxygen atoms in total. The van der Waals surface area contributed by atoms with E-state index in [1.165, 1.54) is 0 Å². The Balaban J connectivity index is 2.46. The number of hydrogen-bond acceptors (Lipinski definition) is 2. The highest BCUT2D eigenvalue weighted by atomic mass is 19.1. The van der Waals surface area contributed by atoms with Crippen LogP contribution < -0.4 is 10.1 Å². The molecule has 0 heterocycles. The van der Waals surface area contributed by atoms with Crippen LogP contribution in [-0.4, -0.2) is 20.3 Å². The van der Waals surface area contributed by atoms with E-state index in [9.17, 15) is 4.39 Å². The molecule has 0 aliphatic carbocycles. The lowest BCUT2D eigenvalue weighted by molar-refractivity contribution is 0.414. The van der Waals surface area contributed by atoms with Crippen molar-refractivity contribution in [3.05, 3.63) is 29.8 Å². The van der Waals surface area contributed by atoms with Crippen LogP contribution in [0, 0.1) is 0 Å². The fraction of sp³-hybridized carbons (Fsp3) is 0.400. The van der Waals surface area contributed by atoms with Gasteiger partial charge in [-0.2, -0.15) is 0 Å². The zero-order valence-corrected chi connectivity index (χ0v) is 7.72. The molecule has 1 rings (SSSR count). The number of methoxy groups -OCH3 is 1. The SMILES string of the molecule is COc1cccc(CNCCF)c1. The van der Waals surface area contributed by atoms with Crippen LogP contribution >= 0.6 is 0 Å². The molecule has 0 atom stereocenters. The van der Waals surface area contributed by atoms with Gasteiger partial charge >= 0.3 is 0 Å². The van der Waals surface area contributed by atoms with Crippen LogP contribution in [0.25, 0.3) is 0 Å². The Kier molecular flexibility index (Phi) is 4.26. The highest BCUT2D eigenvalue weighted by Gasteiger charge is 1.94. The number of rotatable bonds is 5. The largest absolute Gasteiger partial charge is 0.497 e. The van der Waals surface area contributed by atoms with Gasteiger partial charge in [0.1, 0.15) is 12.4 Å². The van der Waals surface area contributed by atoms with Crippen LogP contribution in [0.2, 0.25) is 0 Å². The van der Waals surface area contributed by atoms with E-state index in [1.54, 1.807) is 7.11 Å². The summed E-state index contributed by atoms with van der Waals surface area (Å²) in [6.07, 6.45) is 0. The predicted molar refractivity (Wildman–Crippen MR) is 50.7 cm³/mol. The Morgan fingerprint density at radius 2 is 2.31 bits per heavy atom. The molecule has 0 radical (unpaired) electrons. The van der Waals surface area contributed by atoms with E-state index >= 15 is 0 Å². The van der Waals surface area contributed by atoms with Gasteiger partial charge in [-0.1, -0.05) is 12.1 Å². The van der Waals surface area contributed by atoms with E-state index in [0.29, 0.717) is 13.1 Å². The molecule has 0 unspecified atom stereocenters. The highest BCUT2D eigenvalue weighted by Crippen LogP contribution is 2.11. The molecule has 3 heteroatoms. The summed E-state index contributed by atoms with van der Waals surface area (Å²) in [6, 6.07) is 7.73. The number of benzene rings is 1. The predicted octanol–water partition coefficient (Wildman–Crippen LogP) is 1.75. The molecule has 1 N–H and O–H groups in total. The highest BCUT2D eigenvalue weighted by molar-refractivity contribution is 5.28. The maximum atomic E-state index is 11.8. The van der Waals surface area contributed by atoms with Gasteiger partial charge in [-0.05, 0) is 17.7 Å². The minimum Gasteiger partial charge on any atom is -0.497 e. The first-order chi connectivity index (χ1) is 6.36. The van der Waals surface area contributed by atoms with Gasteiger partial charge in [0.25, 0.3) is 0 Å². The average Bonchev–Trinajstić information content (AvgIpc) is 2.19.